The summed E-state index contributed by atoms with van der Waals surface area (Å²) in [5, 5.41) is 7.69. The van der Waals surface area contributed by atoms with Crippen LogP contribution in [0.2, 0.25) is 0 Å². The Kier molecular flexibility index (Phi) is 6.62. The number of carbonyl (C=O) groups excluding carboxylic acids is 3. The number of anilines is 2. The summed E-state index contributed by atoms with van der Waals surface area (Å²) in [6.45, 7) is 1.91. The normalized spacial score (nSPS) is 13.1. The van der Waals surface area contributed by atoms with Gasteiger partial charge in [-0.2, -0.15) is 0 Å². The molecule has 3 N–H and O–H groups in total. The summed E-state index contributed by atoms with van der Waals surface area (Å²) in [5.74, 6) is -1.98. The van der Waals surface area contributed by atoms with Gasteiger partial charge in [0.25, 0.3) is 0 Å². The second-order valence-electron chi connectivity index (χ2n) is 6.61. The van der Waals surface area contributed by atoms with Gasteiger partial charge in [0.2, 0.25) is 5.91 Å². The van der Waals surface area contributed by atoms with Crippen LogP contribution in [0.15, 0.2) is 54.6 Å². The van der Waals surface area contributed by atoms with Gasteiger partial charge >= 0.3 is 11.8 Å². The van der Waals surface area contributed by atoms with Gasteiger partial charge in [0.1, 0.15) is 0 Å². The average molecular weight is 380 g/mol. The van der Waals surface area contributed by atoms with Gasteiger partial charge in [-0.25, -0.2) is 0 Å². The van der Waals surface area contributed by atoms with Crippen LogP contribution in [0.4, 0.5) is 11.4 Å². The predicted molar refractivity (Wildman–Crippen MR) is 108 cm³/mol. The number of nitrogens with one attached hydrogen (secondary N) is 3. The van der Waals surface area contributed by atoms with Gasteiger partial charge < -0.3 is 20.9 Å². The van der Waals surface area contributed by atoms with Crippen molar-refractivity contribution in [3.63, 3.8) is 0 Å². The maximum Gasteiger partial charge on any atom is 0.309 e. The molecule has 1 aliphatic heterocycles. The van der Waals surface area contributed by atoms with Crippen LogP contribution in [-0.4, -0.2) is 37.4 Å². The minimum absolute atomic E-state index is 0.252. The lowest BCUT2D eigenvalue weighted by atomic mass is 10.2. The predicted octanol–water partition coefficient (Wildman–Crippen LogP) is 1.66. The zero-order chi connectivity index (χ0) is 19.8. The van der Waals surface area contributed by atoms with E-state index in [9.17, 15) is 14.4 Å². The fourth-order valence-corrected chi connectivity index (χ4v) is 3.11. The molecular weight excluding hydrogens is 356 g/mol. The summed E-state index contributed by atoms with van der Waals surface area (Å²) >= 11 is 0. The molecule has 0 atom stereocenters. The van der Waals surface area contributed by atoms with E-state index in [1.54, 1.807) is 0 Å². The minimum Gasteiger partial charge on any atom is -0.370 e. The maximum absolute atomic E-state index is 12.2. The van der Waals surface area contributed by atoms with E-state index in [0.717, 1.165) is 37.2 Å². The first-order valence-electron chi connectivity index (χ1n) is 9.37. The largest absolute Gasteiger partial charge is 0.370 e. The Morgan fingerprint density at radius 1 is 0.821 bits per heavy atom. The highest BCUT2D eigenvalue weighted by atomic mass is 16.2. The number of hydrogen-bond acceptors (Lipinski definition) is 4. The van der Waals surface area contributed by atoms with Gasteiger partial charge in [0.05, 0.1) is 17.9 Å². The zero-order valence-corrected chi connectivity index (χ0v) is 15.6. The van der Waals surface area contributed by atoms with Gasteiger partial charge in [-0.15, -0.1) is 0 Å². The SMILES string of the molecule is O=C(CNC(=O)C(=O)NCc1ccccc1)Nc1ccccc1N1CCCC1. The molecule has 1 saturated heterocycles. The van der Waals surface area contributed by atoms with Crippen molar-refractivity contribution in [1.82, 2.24) is 10.6 Å². The second kappa shape index (κ2) is 9.55. The molecule has 1 heterocycles. The Balaban J connectivity index is 1.46. The molecule has 0 aromatic heterocycles. The third kappa shape index (κ3) is 5.33. The molecule has 7 nitrogen and oxygen atoms in total. The molecule has 0 radical (unpaired) electrons. The highest BCUT2D eigenvalue weighted by molar-refractivity contribution is 6.35. The van der Waals surface area contributed by atoms with Crippen LogP contribution in [0, 0.1) is 0 Å². The number of para-hydroxylation sites is 2. The van der Waals surface area contributed by atoms with E-state index in [1.807, 2.05) is 54.6 Å². The van der Waals surface area contributed by atoms with E-state index >= 15 is 0 Å². The van der Waals surface area contributed by atoms with Gasteiger partial charge in [0.15, 0.2) is 0 Å². The van der Waals surface area contributed by atoms with E-state index in [4.69, 9.17) is 0 Å². The Hall–Kier alpha value is -3.35. The molecule has 1 aliphatic rings. The molecule has 28 heavy (non-hydrogen) atoms. The molecule has 146 valence electrons. The lowest BCUT2D eigenvalue weighted by Crippen LogP contribution is -2.42. The van der Waals surface area contributed by atoms with Gasteiger partial charge in [-0.05, 0) is 30.5 Å². The number of benzene rings is 2. The fraction of sp³-hybridized carbons (Fsp3) is 0.286. The first kappa shape index (κ1) is 19.4. The molecule has 0 spiro atoms. The van der Waals surface area contributed by atoms with Crippen molar-refractivity contribution in [3.05, 3.63) is 60.2 Å². The molecule has 0 saturated carbocycles. The van der Waals surface area contributed by atoms with Crippen molar-refractivity contribution in [1.29, 1.82) is 0 Å². The topological polar surface area (TPSA) is 90.5 Å². The Morgan fingerprint density at radius 3 is 2.21 bits per heavy atom. The van der Waals surface area contributed by atoms with Crippen LogP contribution in [0.3, 0.4) is 0 Å². The number of amides is 3. The van der Waals surface area contributed by atoms with Crippen molar-refractivity contribution in [2.24, 2.45) is 0 Å². The Bertz CT molecular complexity index is 833. The zero-order valence-electron chi connectivity index (χ0n) is 15.6. The van der Waals surface area contributed by atoms with E-state index in [1.165, 1.54) is 0 Å². The van der Waals surface area contributed by atoms with Gasteiger partial charge in [-0.3, -0.25) is 14.4 Å². The third-order valence-electron chi connectivity index (χ3n) is 4.54. The van der Waals surface area contributed by atoms with E-state index in [-0.39, 0.29) is 19.0 Å². The second-order valence-corrected chi connectivity index (χ2v) is 6.61. The average Bonchev–Trinajstić information content (AvgIpc) is 3.26. The smallest absolute Gasteiger partial charge is 0.309 e. The number of hydrogen-bond donors (Lipinski definition) is 3. The third-order valence-corrected chi connectivity index (χ3v) is 4.54. The van der Waals surface area contributed by atoms with Crippen LogP contribution in [-0.2, 0) is 20.9 Å². The van der Waals surface area contributed by atoms with Gasteiger partial charge in [-0.1, -0.05) is 42.5 Å². The molecule has 2 aromatic carbocycles. The van der Waals surface area contributed by atoms with Crippen LogP contribution in [0.5, 0.6) is 0 Å². The molecule has 3 rings (SSSR count). The van der Waals surface area contributed by atoms with E-state index in [0.29, 0.717) is 5.69 Å². The highest BCUT2D eigenvalue weighted by Crippen LogP contribution is 2.28. The van der Waals surface area contributed by atoms with Gasteiger partial charge in [0, 0.05) is 19.6 Å². The molecule has 3 amide bonds. The van der Waals surface area contributed by atoms with E-state index in [2.05, 4.69) is 20.9 Å². The van der Waals surface area contributed by atoms with Crippen LogP contribution >= 0.6 is 0 Å². The van der Waals surface area contributed by atoms with E-state index < -0.39 is 11.8 Å². The van der Waals surface area contributed by atoms with Crippen molar-refractivity contribution in [2.45, 2.75) is 19.4 Å². The summed E-state index contributed by atoms with van der Waals surface area (Å²) in [7, 11) is 0. The molecule has 1 fully saturated rings. The minimum atomic E-state index is -0.834. The van der Waals surface area contributed by atoms with Crippen molar-refractivity contribution < 1.29 is 14.4 Å². The van der Waals surface area contributed by atoms with Crippen molar-refractivity contribution in [3.8, 4) is 0 Å². The molecule has 0 bridgehead atoms. The lowest BCUT2D eigenvalue weighted by molar-refractivity contribution is -0.139. The standard InChI is InChI=1S/C21H24N4O3/c26-19(24-17-10-4-5-11-18(17)25-12-6-7-13-25)15-23-21(28)20(27)22-14-16-8-2-1-3-9-16/h1-5,8-11H,6-7,12-15H2,(H,22,27)(H,23,28)(H,24,26). The molecule has 0 unspecified atom stereocenters. The summed E-state index contributed by atoms with van der Waals surface area (Å²) < 4.78 is 0. The number of nitrogens with zero attached hydrogens (tertiary/aromatic N) is 1. The lowest BCUT2D eigenvalue weighted by Gasteiger charge is -2.21. The molecular formula is C21H24N4O3. The first-order chi connectivity index (χ1) is 13.6. The molecule has 2 aromatic rings. The van der Waals surface area contributed by atoms with Crippen LogP contribution in [0.1, 0.15) is 18.4 Å². The number of rotatable bonds is 6. The summed E-state index contributed by atoms with van der Waals surface area (Å²) in [6.07, 6.45) is 2.27. The Morgan fingerprint density at radius 2 is 1.46 bits per heavy atom. The Labute approximate surface area is 164 Å². The quantitative estimate of drug-likeness (QED) is 0.665. The maximum atomic E-state index is 12.2. The summed E-state index contributed by atoms with van der Waals surface area (Å²) in [4.78, 5) is 38.2. The van der Waals surface area contributed by atoms with Crippen LogP contribution in [0.25, 0.3) is 0 Å². The van der Waals surface area contributed by atoms with Crippen molar-refractivity contribution >= 4 is 29.1 Å². The molecule has 0 aliphatic carbocycles. The summed E-state index contributed by atoms with van der Waals surface area (Å²) in [5.41, 5.74) is 2.57. The van der Waals surface area contributed by atoms with Crippen molar-refractivity contribution in [2.75, 3.05) is 29.9 Å². The summed E-state index contributed by atoms with van der Waals surface area (Å²) in [6, 6.07) is 16.9. The fourth-order valence-electron chi connectivity index (χ4n) is 3.11. The number of carbonyl (C=O) groups is 3. The monoisotopic (exact) mass is 380 g/mol. The first-order valence-corrected chi connectivity index (χ1v) is 9.37. The van der Waals surface area contributed by atoms with Crippen LogP contribution < -0.4 is 20.9 Å². The highest BCUT2D eigenvalue weighted by Gasteiger charge is 2.18. The molecule has 7 heteroatoms.